The van der Waals surface area contributed by atoms with Gasteiger partial charge < -0.3 is 21.7 Å². The van der Waals surface area contributed by atoms with E-state index < -0.39 is 0 Å². The Bertz CT molecular complexity index is 401. The van der Waals surface area contributed by atoms with Gasteiger partial charge in [-0.3, -0.25) is 0 Å². The van der Waals surface area contributed by atoms with E-state index in [1.165, 1.54) is 31.7 Å². The molecule has 0 unspecified atom stereocenters. The molecule has 1 aromatic carbocycles. The number of phenols is 2. The van der Waals surface area contributed by atoms with Crippen molar-refractivity contribution in [3.63, 3.8) is 0 Å². The molecule has 0 aliphatic heterocycles. The lowest BCUT2D eigenvalue weighted by Crippen LogP contribution is -2.20. The summed E-state index contributed by atoms with van der Waals surface area (Å²) < 4.78 is 0. The monoisotopic (exact) mass is 236 g/mol. The Labute approximate surface area is 101 Å². The standard InChI is InChI=1S/C13H20N2O2/c14-7-10(8-3-1-2-4-8)9-5-12(16)13(17)6-11(9)15/h5-6,8,10,16-17H,1-4,7,14-15H2/t10-/m0/s1. The Kier molecular flexibility index (Phi) is 3.43. The number of nitrogen functional groups attached to an aromatic ring is 1. The van der Waals surface area contributed by atoms with Gasteiger partial charge in [-0.05, 0) is 36.9 Å². The minimum Gasteiger partial charge on any atom is -0.504 e. The van der Waals surface area contributed by atoms with Crippen molar-refractivity contribution in [3.8, 4) is 11.5 Å². The molecule has 17 heavy (non-hydrogen) atoms. The average molecular weight is 236 g/mol. The summed E-state index contributed by atoms with van der Waals surface area (Å²) in [6.45, 7) is 0.527. The zero-order chi connectivity index (χ0) is 12.4. The maximum absolute atomic E-state index is 9.57. The van der Waals surface area contributed by atoms with E-state index in [4.69, 9.17) is 11.5 Å². The van der Waals surface area contributed by atoms with Crippen LogP contribution in [0.3, 0.4) is 0 Å². The Balaban J connectivity index is 2.32. The summed E-state index contributed by atoms with van der Waals surface area (Å²) in [6, 6.07) is 2.96. The van der Waals surface area contributed by atoms with Crippen molar-refractivity contribution in [1.82, 2.24) is 0 Å². The van der Waals surface area contributed by atoms with E-state index in [1.54, 1.807) is 6.07 Å². The van der Waals surface area contributed by atoms with Gasteiger partial charge in [0.1, 0.15) is 0 Å². The highest BCUT2D eigenvalue weighted by Crippen LogP contribution is 2.41. The molecule has 0 heterocycles. The molecule has 1 aliphatic carbocycles. The van der Waals surface area contributed by atoms with Crippen LogP contribution >= 0.6 is 0 Å². The molecule has 0 amide bonds. The molecule has 4 heteroatoms. The predicted octanol–water partition coefficient (Wildman–Crippen LogP) is 1.91. The molecule has 2 rings (SSSR count). The van der Waals surface area contributed by atoms with Crippen LogP contribution in [0.2, 0.25) is 0 Å². The van der Waals surface area contributed by atoms with Gasteiger partial charge in [0.25, 0.3) is 0 Å². The van der Waals surface area contributed by atoms with Crippen molar-refractivity contribution in [2.75, 3.05) is 12.3 Å². The molecule has 0 bridgehead atoms. The first-order chi connectivity index (χ1) is 8.13. The highest BCUT2D eigenvalue weighted by Gasteiger charge is 2.27. The number of anilines is 1. The normalized spacial score (nSPS) is 18.4. The summed E-state index contributed by atoms with van der Waals surface area (Å²) in [4.78, 5) is 0. The minimum absolute atomic E-state index is 0.120. The number of nitrogens with two attached hydrogens (primary N) is 2. The smallest absolute Gasteiger partial charge is 0.159 e. The molecule has 1 aromatic rings. The van der Waals surface area contributed by atoms with Crippen molar-refractivity contribution in [2.24, 2.45) is 11.7 Å². The molecule has 0 spiro atoms. The molecular formula is C13H20N2O2. The van der Waals surface area contributed by atoms with Crippen LogP contribution in [0.4, 0.5) is 5.69 Å². The second-order valence-corrected chi connectivity index (χ2v) is 4.86. The Morgan fingerprint density at radius 3 is 2.35 bits per heavy atom. The summed E-state index contributed by atoms with van der Waals surface area (Å²) >= 11 is 0. The van der Waals surface area contributed by atoms with Gasteiger partial charge in [-0.2, -0.15) is 0 Å². The zero-order valence-corrected chi connectivity index (χ0v) is 9.89. The molecule has 1 saturated carbocycles. The summed E-state index contributed by atoms with van der Waals surface area (Å²) in [5.41, 5.74) is 13.1. The van der Waals surface area contributed by atoms with Crippen molar-refractivity contribution in [2.45, 2.75) is 31.6 Å². The molecule has 0 radical (unpaired) electrons. The first-order valence-corrected chi connectivity index (χ1v) is 6.15. The number of aromatic hydroxyl groups is 2. The number of benzene rings is 1. The SMILES string of the molecule is NC[C@H](c1cc(O)c(O)cc1N)C1CCCC1. The van der Waals surface area contributed by atoms with Crippen molar-refractivity contribution < 1.29 is 10.2 Å². The molecule has 6 N–H and O–H groups in total. The van der Waals surface area contributed by atoms with Crippen LogP contribution in [0, 0.1) is 5.92 Å². The Morgan fingerprint density at radius 2 is 1.76 bits per heavy atom. The fraction of sp³-hybridized carbons (Fsp3) is 0.538. The Hall–Kier alpha value is -1.42. The van der Waals surface area contributed by atoms with Gasteiger partial charge in [-0.15, -0.1) is 0 Å². The summed E-state index contributed by atoms with van der Waals surface area (Å²) in [7, 11) is 0. The largest absolute Gasteiger partial charge is 0.504 e. The van der Waals surface area contributed by atoms with Crippen LogP contribution in [0.1, 0.15) is 37.2 Å². The van der Waals surface area contributed by atoms with Gasteiger partial charge in [0.15, 0.2) is 11.5 Å². The molecule has 1 aliphatic rings. The summed E-state index contributed by atoms with van der Waals surface area (Å²) in [5, 5.41) is 18.9. The maximum atomic E-state index is 9.57. The van der Waals surface area contributed by atoms with Crippen LogP contribution in [-0.4, -0.2) is 16.8 Å². The predicted molar refractivity (Wildman–Crippen MR) is 67.9 cm³/mol. The van der Waals surface area contributed by atoms with Crippen LogP contribution in [0.25, 0.3) is 0 Å². The van der Waals surface area contributed by atoms with Crippen LogP contribution in [-0.2, 0) is 0 Å². The highest BCUT2D eigenvalue weighted by atomic mass is 16.3. The molecule has 94 valence electrons. The fourth-order valence-corrected chi connectivity index (χ4v) is 2.86. The van der Waals surface area contributed by atoms with Gasteiger partial charge in [0, 0.05) is 17.7 Å². The van der Waals surface area contributed by atoms with Gasteiger partial charge in [-0.25, -0.2) is 0 Å². The lowest BCUT2D eigenvalue weighted by Gasteiger charge is -2.24. The van der Waals surface area contributed by atoms with E-state index in [-0.39, 0.29) is 17.4 Å². The second-order valence-electron chi connectivity index (χ2n) is 4.86. The molecule has 4 nitrogen and oxygen atoms in total. The molecule has 0 saturated heterocycles. The third-order valence-electron chi connectivity index (χ3n) is 3.80. The molecule has 1 fully saturated rings. The lowest BCUT2D eigenvalue weighted by molar-refractivity contribution is 0.399. The van der Waals surface area contributed by atoms with Crippen molar-refractivity contribution >= 4 is 5.69 Å². The first-order valence-electron chi connectivity index (χ1n) is 6.15. The number of rotatable bonds is 3. The molecular weight excluding hydrogens is 216 g/mol. The number of hydrogen-bond donors (Lipinski definition) is 4. The second kappa shape index (κ2) is 4.84. The Morgan fingerprint density at radius 1 is 1.18 bits per heavy atom. The zero-order valence-electron chi connectivity index (χ0n) is 9.89. The van der Waals surface area contributed by atoms with Crippen LogP contribution < -0.4 is 11.5 Å². The van der Waals surface area contributed by atoms with E-state index >= 15 is 0 Å². The van der Waals surface area contributed by atoms with Crippen LogP contribution in [0.15, 0.2) is 12.1 Å². The molecule has 1 atom stereocenters. The summed E-state index contributed by atoms with van der Waals surface area (Å²) in [5.74, 6) is 0.439. The molecule has 0 aromatic heterocycles. The van der Waals surface area contributed by atoms with Crippen molar-refractivity contribution in [1.29, 1.82) is 0 Å². The third-order valence-corrected chi connectivity index (χ3v) is 3.80. The van der Waals surface area contributed by atoms with E-state index in [0.717, 1.165) is 5.56 Å². The van der Waals surface area contributed by atoms with E-state index in [0.29, 0.717) is 18.2 Å². The van der Waals surface area contributed by atoms with E-state index in [9.17, 15) is 10.2 Å². The average Bonchev–Trinajstić information content (AvgIpc) is 2.80. The number of phenolic OH excluding ortho intramolecular Hbond substituents is 2. The highest BCUT2D eigenvalue weighted by molar-refractivity contribution is 5.58. The minimum atomic E-state index is -0.173. The van der Waals surface area contributed by atoms with Gasteiger partial charge >= 0.3 is 0 Å². The van der Waals surface area contributed by atoms with Gasteiger partial charge in [0.2, 0.25) is 0 Å². The quantitative estimate of drug-likeness (QED) is 0.366. The van der Waals surface area contributed by atoms with E-state index in [1.807, 2.05) is 0 Å². The van der Waals surface area contributed by atoms with Crippen molar-refractivity contribution in [3.05, 3.63) is 17.7 Å². The topological polar surface area (TPSA) is 92.5 Å². The van der Waals surface area contributed by atoms with Gasteiger partial charge in [0.05, 0.1) is 0 Å². The number of hydrogen-bond acceptors (Lipinski definition) is 4. The lowest BCUT2D eigenvalue weighted by atomic mass is 9.84. The first kappa shape index (κ1) is 12.0. The van der Waals surface area contributed by atoms with Crippen LogP contribution in [0.5, 0.6) is 11.5 Å². The van der Waals surface area contributed by atoms with Gasteiger partial charge in [-0.1, -0.05) is 12.8 Å². The van der Waals surface area contributed by atoms with E-state index in [2.05, 4.69) is 0 Å². The third kappa shape index (κ3) is 2.31. The maximum Gasteiger partial charge on any atom is 0.159 e. The summed E-state index contributed by atoms with van der Waals surface area (Å²) in [6.07, 6.45) is 4.82. The fourth-order valence-electron chi connectivity index (χ4n) is 2.86.